The van der Waals surface area contributed by atoms with Gasteiger partial charge >= 0.3 is 0 Å². The smallest absolute Gasteiger partial charge is 0.255 e. The monoisotopic (exact) mass is 308 g/mol. The number of para-hydroxylation sites is 1. The number of aryl methyl sites for hydroxylation is 1. The van der Waals surface area contributed by atoms with Crippen molar-refractivity contribution in [2.24, 2.45) is 0 Å². The van der Waals surface area contributed by atoms with E-state index in [1.807, 2.05) is 36.1 Å². The summed E-state index contributed by atoms with van der Waals surface area (Å²) in [5.74, 6) is -0.214. The van der Waals surface area contributed by atoms with Crippen molar-refractivity contribution < 1.29 is 9.59 Å². The molecule has 1 aliphatic heterocycles. The highest BCUT2D eigenvalue weighted by molar-refractivity contribution is 6.09. The van der Waals surface area contributed by atoms with Gasteiger partial charge in [0, 0.05) is 18.7 Å². The topological polar surface area (TPSA) is 49.4 Å². The molecule has 3 rings (SSSR count). The highest BCUT2D eigenvalue weighted by atomic mass is 16.2. The maximum Gasteiger partial charge on any atom is 0.255 e. The van der Waals surface area contributed by atoms with Gasteiger partial charge in [-0.15, -0.1) is 0 Å². The Hall–Kier alpha value is -2.62. The van der Waals surface area contributed by atoms with Gasteiger partial charge in [0.05, 0.1) is 11.3 Å². The molecule has 0 spiro atoms. The van der Waals surface area contributed by atoms with Gasteiger partial charge in [-0.3, -0.25) is 9.59 Å². The first-order valence-corrected chi connectivity index (χ1v) is 7.91. The van der Waals surface area contributed by atoms with Gasteiger partial charge in [0.25, 0.3) is 11.8 Å². The Balaban J connectivity index is 1.81. The molecule has 4 nitrogen and oxygen atoms in total. The Kier molecular flexibility index (Phi) is 4.42. The van der Waals surface area contributed by atoms with Gasteiger partial charge in [-0.1, -0.05) is 29.8 Å². The summed E-state index contributed by atoms with van der Waals surface area (Å²) < 4.78 is 0. The van der Waals surface area contributed by atoms with Crippen molar-refractivity contribution in [3.63, 3.8) is 0 Å². The summed E-state index contributed by atoms with van der Waals surface area (Å²) in [6.07, 6.45) is 2.09. The van der Waals surface area contributed by atoms with Gasteiger partial charge in [-0.2, -0.15) is 0 Å². The summed E-state index contributed by atoms with van der Waals surface area (Å²) >= 11 is 0. The van der Waals surface area contributed by atoms with Crippen LogP contribution in [0.4, 0.5) is 5.69 Å². The molecule has 0 aliphatic carbocycles. The number of hydrogen-bond donors (Lipinski definition) is 1. The van der Waals surface area contributed by atoms with Crippen LogP contribution in [-0.2, 0) is 0 Å². The Morgan fingerprint density at radius 1 is 0.957 bits per heavy atom. The van der Waals surface area contributed by atoms with E-state index in [1.54, 1.807) is 24.3 Å². The molecular weight excluding hydrogens is 288 g/mol. The average Bonchev–Trinajstić information content (AvgIpc) is 3.10. The number of hydrogen-bond acceptors (Lipinski definition) is 2. The zero-order valence-corrected chi connectivity index (χ0v) is 13.2. The quantitative estimate of drug-likeness (QED) is 0.943. The summed E-state index contributed by atoms with van der Waals surface area (Å²) in [6.45, 7) is 3.56. The van der Waals surface area contributed by atoms with Crippen molar-refractivity contribution in [2.45, 2.75) is 19.8 Å². The number of likely N-dealkylation sites (tertiary alicyclic amines) is 1. The lowest BCUT2D eigenvalue weighted by Crippen LogP contribution is -2.28. The van der Waals surface area contributed by atoms with Gasteiger partial charge in [0.2, 0.25) is 0 Å². The lowest BCUT2D eigenvalue weighted by atomic mass is 10.1. The molecule has 118 valence electrons. The molecule has 2 aromatic carbocycles. The fraction of sp³-hybridized carbons (Fsp3) is 0.263. The fourth-order valence-corrected chi connectivity index (χ4v) is 2.77. The molecule has 2 aromatic rings. The Bertz CT molecular complexity index is 716. The number of carbonyl (C=O) groups excluding carboxylic acids is 2. The van der Waals surface area contributed by atoms with Crippen molar-refractivity contribution in [1.82, 2.24) is 4.90 Å². The van der Waals surface area contributed by atoms with Crippen molar-refractivity contribution in [3.8, 4) is 0 Å². The third-order valence-electron chi connectivity index (χ3n) is 4.11. The molecule has 0 radical (unpaired) electrons. The number of benzene rings is 2. The maximum absolute atomic E-state index is 12.6. The van der Waals surface area contributed by atoms with E-state index >= 15 is 0 Å². The lowest BCUT2D eigenvalue weighted by molar-refractivity contribution is 0.0794. The van der Waals surface area contributed by atoms with Gasteiger partial charge in [0.15, 0.2) is 0 Å². The van der Waals surface area contributed by atoms with Gasteiger partial charge in [-0.05, 0) is 44.0 Å². The molecule has 0 aromatic heterocycles. The van der Waals surface area contributed by atoms with Crippen LogP contribution in [0.5, 0.6) is 0 Å². The van der Waals surface area contributed by atoms with Crippen LogP contribution in [-0.4, -0.2) is 29.8 Å². The molecule has 1 fully saturated rings. The first kappa shape index (κ1) is 15.3. The standard InChI is InChI=1S/C19H20N2O2/c1-14-8-10-15(11-9-14)18(22)20-17-7-3-2-6-16(17)19(23)21-12-4-5-13-21/h2-3,6-11H,4-5,12-13H2,1H3,(H,20,22). The molecule has 1 saturated heterocycles. The Morgan fingerprint density at radius 2 is 1.61 bits per heavy atom. The van der Waals surface area contributed by atoms with E-state index < -0.39 is 0 Å². The molecule has 23 heavy (non-hydrogen) atoms. The second-order valence-corrected chi connectivity index (χ2v) is 5.87. The van der Waals surface area contributed by atoms with Crippen LogP contribution in [0.15, 0.2) is 48.5 Å². The SMILES string of the molecule is Cc1ccc(C(=O)Nc2ccccc2C(=O)N2CCCC2)cc1. The first-order valence-electron chi connectivity index (χ1n) is 7.91. The summed E-state index contributed by atoms with van der Waals surface area (Å²) in [5.41, 5.74) is 2.80. The molecule has 0 unspecified atom stereocenters. The van der Waals surface area contributed by atoms with Crippen molar-refractivity contribution in [3.05, 3.63) is 65.2 Å². The summed E-state index contributed by atoms with van der Waals surface area (Å²) in [5, 5.41) is 2.86. The third kappa shape index (κ3) is 3.42. The first-order chi connectivity index (χ1) is 11.1. The van der Waals surface area contributed by atoms with Crippen LogP contribution in [0.3, 0.4) is 0 Å². The highest BCUT2D eigenvalue weighted by Crippen LogP contribution is 2.21. The zero-order valence-electron chi connectivity index (χ0n) is 13.2. The third-order valence-corrected chi connectivity index (χ3v) is 4.11. The van der Waals surface area contributed by atoms with Gasteiger partial charge < -0.3 is 10.2 Å². The minimum absolute atomic E-state index is 0.0118. The van der Waals surface area contributed by atoms with Crippen molar-refractivity contribution in [2.75, 3.05) is 18.4 Å². The molecule has 0 saturated carbocycles. The number of anilines is 1. The summed E-state index contributed by atoms with van der Waals surface area (Å²) in [4.78, 5) is 26.8. The average molecular weight is 308 g/mol. The molecule has 4 heteroatoms. The zero-order chi connectivity index (χ0) is 16.2. The fourth-order valence-electron chi connectivity index (χ4n) is 2.77. The minimum Gasteiger partial charge on any atom is -0.339 e. The number of nitrogens with zero attached hydrogens (tertiary/aromatic N) is 1. The molecule has 1 N–H and O–H groups in total. The van der Waals surface area contributed by atoms with Crippen LogP contribution < -0.4 is 5.32 Å². The molecule has 2 amide bonds. The minimum atomic E-state index is -0.202. The predicted octanol–water partition coefficient (Wildman–Crippen LogP) is 3.48. The summed E-state index contributed by atoms with van der Waals surface area (Å²) in [6, 6.07) is 14.6. The van der Waals surface area contributed by atoms with E-state index in [0.717, 1.165) is 31.5 Å². The van der Waals surface area contributed by atoms with E-state index in [2.05, 4.69) is 5.32 Å². The highest BCUT2D eigenvalue weighted by Gasteiger charge is 2.22. The van der Waals surface area contributed by atoms with E-state index in [-0.39, 0.29) is 11.8 Å². The molecule has 0 bridgehead atoms. The van der Waals surface area contributed by atoms with Gasteiger partial charge in [-0.25, -0.2) is 0 Å². The number of carbonyl (C=O) groups is 2. The van der Waals surface area contributed by atoms with E-state index in [9.17, 15) is 9.59 Å². The number of rotatable bonds is 3. The molecule has 1 aliphatic rings. The van der Waals surface area contributed by atoms with E-state index in [4.69, 9.17) is 0 Å². The number of amides is 2. The molecule has 0 atom stereocenters. The molecule has 1 heterocycles. The lowest BCUT2D eigenvalue weighted by Gasteiger charge is -2.18. The second-order valence-electron chi connectivity index (χ2n) is 5.87. The van der Waals surface area contributed by atoms with Crippen LogP contribution >= 0.6 is 0 Å². The van der Waals surface area contributed by atoms with E-state index in [1.165, 1.54) is 0 Å². The second kappa shape index (κ2) is 6.65. The Labute approximate surface area is 136 Å². The largest absolute Gasteiger partial charge is 0.339 e. The van der Waals surface area contributed by atoms with Crippen LogP contribution in [0.25, 0.3) is 0 Å². The predicted molar refractivity (Wildman–Crippen MR) is 90.7 cm³/mol. The van der Waals surface area contributed by atoms with E-state index in [0.29, 0.717) is 16.8 Å². The van der Waals surface area contributed by atoms with Crippen molar-refractivity contribution >= 4 is 17.5 Å². The van der Waals surface area contributed by atoms with Crippen LogP contribution in [0.1, 0.15) is 39.1 Å². The molecular formula is C19H20N2O2. The van der Waals surface area contributed by atoms with Gasteiger partial charge in [0.1, 0.15) is 0 Å². The number of nitrogens with one attached hydrogen (secondary N) is 1. The van der Waals surface area contributed by atoms with Crippen LogP contribution in [0.2, 0.25) is 0 Å². The Morgan fingerprint density at radius 3 is 2.30 bits per heavy atom. The van der Waals surface area contributed by atoms with Crippen LogP contribution in [0, 0.1) is 6.92 Å². The van der Waals surface area contributed by atoms with Crippen molar-refractivity contribution in [1.29, 1.82) is 0 Å². The maximum atomic E-state index is 12.6. The normalized spacial score (nSPS) is 13.9. The summed E-state index contributed by atoms with van der Waals surface area (Å²) in [7, 11) is 0.